The standard InChI is InChI=1S/C13H22N2O3S/c14-11-4-2-1-3-10(11)13(18)15-5-6-19-8-9(15)7-12(16)17/h9-11H,1-8,14H2,(H,16,17). The van der Waals surface area contributed by atoms with Crippen LogP contribution in [0.5, 0.6) is 0 Å². The van der Waals surface area contributed by atoms with Crippen LogP contribution in [0, 0.1) is 5.92 Å². The highest BCUT2D eigenvalue weighted by atomic mass is 32.2. The number of rotatable bonds is 3. The van der Waals surface area contributed by atoms with Crippen LogP contribution in [0.25, 0.3) is 0 Å². The van der Waals surface area contributed by atoms with Gasteiger partial charge in [-0.15, -0.1) is 0 Å². The first kappa shape index (κ1) is 14.7. The number of carbonyl (C=O) groups excluding carboxylic acids is 1. The Balaban J connectivity index is 2.03. The summed E-state index contributed by atoms with van der Waals surface area (Å²) in [5.74, 6) is 0.759. The molecule has 0 aromatic rings. The van der Waals surface area contributed by atoms with Crippen LogP contribution < -0.4 is 5.73 Å². The third-order valence-corrected chi connectivity index (χ3v) is 5.15. The lowest BCUT2D eigenvalue weighted by Crippen LogP contribution is -2.53. The zero-order chi connectivity index (χ0) is 13.8. The number of amides is 1. The number of carbonyl (C=O) groups is 2. The van der Waals surface area contributed by atoms with E-state index in [1.54, 1.807) is 16.7 Å². The van der Waals surface area contributed by atoms with Crippen molar-refractivity contribution < 1.29 is 14.7 Å². The largest absolute Gasteiger partial charge is 0.481 e. The van der Waals surface area contributed by atoms with E-state index in [2.05, 4.69) is 0 Å². The zero-order valence-corrected chi connectivity index (χ0v) is 11.9. The van der Waals surface area contributed by atoms with Crippen molar-refractivity contribution in [2.75, 3.05) is 18.1 Å². The van der Waals surface area contributed by atoms with Gasteiger partial charge < -0.3 is 15.7 Å². The van der Waals surface area contributed by atoms with E-state index in [1.165, 1.54) is 0 Å². The van der Waals surface area contributed by atoms with Crippen LogP contribution in [-0.4, -0.2) is 52.0 Å². The van der Waals surface area contributed by atoms with Crippen LogP contribution in [0.1, 0.15) is 32.1 Å². The summed E-state index contributed by atoms with van der Waals surface area (Å²) in [5.41, 5.74) is 6.06. The van der Waals surface area contributed by atoms with Crippen LogP contribution in [0.3, 0.4) is 0 Å². The number of thioether (sulfide) groups is 1. The Morgan fingerprint density at radius 3 is 2.74 bits per heavy atom. The van der Waals surface area contributed by atoms with Crippen molar-refractivity contribution in [3.8, 4) is 0 Å². The molecule has 2 rings (SSSR count). The van der Waals surface area contributed by atoms with Crippen molar-refractivity contribution in [1.82, 2.24) is 4.90 Å². The summed E-state index contributed by atoms with van der Waals surface area (Å²) < 4.78 is 0. The fraction of sp³-hybridized carbons (Fsp3) is 0.846. The quantitative estimate of drug-likeness (QED) is 0.806. The van der Waals surface area contributed by atoms with E-state index < -0.39 is 5.97 Å². The number of carboxylic acids is 1. The van der Waals surface area contributed by atoms with Gasteiger partial charge in [-0.05, 0) is 12.8 Å². The lowest BCUT2D eigenvalue weighted by molar-refractivity contribution is -0.142. The Bertz CT molecular complexity index is 351. The van der Waals surface area contributed by atoms with Crippen LogP contribution in [0.4, 0.5) is 0 Å². The summed E-state index contributed by atoms with van der Waals surface area (Å²) in [6.45, 7) is 0.657. The number of nitrogens with two attached hydrogens (primary N) is 1. The Labute approximate surface area is 117 Å². The van der Waals surface area contributed by atoms with Crippen molar-refractivity contribution in [3.05, 3.63) is 0 Å². The predicted octanol–water partition coefficient (Wildman–Crippen LogP) is 0.923. The minimum atomic E-state index is -0.835. The number of carboxylic acid groups (broad SMARTS) is 1. The molecule has 0 radical (unpaired) electrons. The highest BCUT2D eigenvalue weighted by Crippen LogP contribution is 2.28. The first-order valence-electron chi connectivity index (χ1n) is 6.95. The maximum Gasteiger partial charge on any atom is 0.305 e. The molecule has 0 bridgehead atoms. The molecule has 1 amide bonds. The normalized spacial score (nSPS) is 32.1. The summed E-state index contributed by atoms with van der Waals surface area (Å²) >= 11 is 1.73. The second-order valence-corrected chi connectivity index (χ2v) is 6.56. The van der Waals surface area contributed by atoms with Crippen molar-refractivity contribution in [2.45, 2.75) is 44.2 Å². The Morgan fingerprint density at radius 2 is 2.05 bits per heavy atom. The SMILES string of the molecule is NC1CCCCC1C(=O)N1CCSCC1CC(=O)O. The van der Waals surface area contributed by atoms with Crippen molar-refractivity contribution in [1.29, 1.82) is 0 Å². The molecule has 3 unspecified atom stereocenters. The van der Waals surface area contributed by atoms with Gasteiger partial charge in [-0.1, -0.05) is 12.8 Å². The smallest absolute Gasteiger partial charge is 0.305 e. The fourth-order valence-corrected chi connectivity index (χ4v) is 4.06. The van der Waals surface area contributed by atoms with Gasteiger partial charge in [0.2, 0.25) is 5.91 Å². The average Bonchev–Trinajstić information content (AvgIpc) is 2.38. The molecule has 0 aromatic carbocycles. The minimum absolute atomic E-state index is 0.0424. The minimum Gasteiger partial charge on any atom is -0.481 e. The van der Waals surface area contributed by atoms with Gasteiger partial charge in [0.15, 0.2) is 0 Å². The van der Waals surface area contributed by atoms with Gasteiger partial charge in [0, 0.05) is 24.1 Å². The summed E-state index contributed by atoms with van der Waals surface area (Å²) in [4.78, 5) is 25.3. The molecule has 1 saturated carbocycles. The molecule has 1 heterocycles. The average molecular weight is 286 g/mol. The van der Waals surface area contributed by atoms with Gasteiger partial charge in [-0.25, -0.2) is 0 Å². The Hall–Kier alpha value is -0.750. The van der Waals surface area contributed by atoms with Crippen LogP contribution in [-0.2, 0) is 9.59 Å². The summed E-state index contributed by atoms with van der Waals surface area (Å²) in [7, 11) is 0. The molecule has 3 N–H and O–H groups in total. The van der Waals surface area contributed by atoms with E-state index in [1.807, 2.05) is 0 Å². The van der Waals surface area contributed by atoms with Crippen LogP contribution in [0.15, 0.2) is 0 Å². The molecule has 19 heavy (non-hydrogen) atoms. The van der Waals surface area contributed by atoms with Crippen LogP contribution in [0.2, 0.25) is 0 Å². The summed E-state index contributed by atoms with van der Waals surface area (Å²) in [6, 6.07) is -0.223. The molecule has 5 nitrogen and oxygen atoms in total. The molecule has 2 fully saturated rings. The van der Waals surface area contributed by atoms with Crippen LogP contribution >= 0.6 is 11.8 Å². The van der Waals surface area contributed by atoms with E-state index in [9.17, 15) is 9.59 Å². The lowest BCUT2D eigenvalue weighted by Gasteiger charge is -2.39. The number of hydrogen-bond acceptors (Lipinski definition) is 4. The Morgan fingerprint density at radius 1 is 1.32 bits per heavy atom. The van der Waals surface area contributed by atoms with Crippen molar-refractivity contribution in [2.24, 2.45) is 11.7 Å². The molecule has 0 spiro atoms. The molecule has 6 heteroatoms. The topological polar surface area (TPSA) is 83.6 Å². The fourth-order valence-electron chi connectivity index (χ4n) is 2.99. The molecule has 1 aliphatic heterocycles. The van der Waals surface area contributed by atoms with Gasteiger partial charge in [-0.3, -0.25) is 9.59 Å². The van der Waals surface area contributed by atoms with E-state index in [0.717, 1.165) is 37.2 Å². The van der Waals surface area contributed by atoms with Gasteiger partial charge in [0.25, 0.3) is 0 Å². The highest BCUT2D eigenvalue weighted by molar-refractivity contribution is 7.99. The molecule has 3 atom stereocenters. The van der Waals surface area contributed by atoms with Crippen molar-refractivity contribution in [3.63, 3.8) is 0 Å². The molecule has 1 saturated heterocycles. The second-order valence-electron chi connectivity index (χ2n) is 5.41. The lowest BCUT2D eigenvalue weighted by atomic mass is 9.84. The number of nitrogens with zero attached hydrogens (tertiary/aromatic N) is 1. The number of hydrogen-bond donors (Lipinski definition) is 2. The second kappa shape index (κ2) is 6.61. The van der Waals surface area contributed by atoms with Gasteiger partial charge in [0.1, 0.15) is 0 Å². The molecule has 108 valence electrons. The van der Waals surface area contributed by atoms with Crippen molar-refractivity contribution >= 4 is 23.6 Å². The van der Waals surface area contributed by atoms with E-state index >= 15 is 0 Å². The summed E-state index contributed by atoms with van der Waals surface area (Å²) in [5, 5.41) is 8.96. The maximum absolute atomic E-state index is 12.6. The molecule has 0 aromatic heterocycles. The number of aliphatic carboxylic acids is 1. The van der Waals surface area contributed by atoms with E-state index in [4.69, 9.17) is 10.8 Å². The van der Waals surface area contributed by atoms with Gasteiger partial charge in [0.05, 0.1) is 18.4 Å². The maximum atomic E-state index is 12.6. The highest BCUT2D eigenvalue weighted by Gasteiger charge is 2.36. The molecule has 1 aliphatic carbocycles. The van der Waals surface area contributed by atoms with E-state index in [-0.39, 0.29) is 30.3 Å². The third-order valence-electron chi connectivity index (χ3n) is 4.06. The first-order valence-corrected chi connectivity index (χ1v) is 8.10. The zero-order valence-electron chi connectivity index (χ0n) is 11.1. The van der Waals surface area contributed by atoms with E-state index in [0.29, 0.717) is 6.54 Å². The molecular formula is C13H22N2O3S. The third kappa shape index (κ3) is 3.63. The van der Waals surface area contributed by atoms with Gasteiger partial charge in [-0.2, -0.15) is 11.8 Å². The molecular weight excluding hydrogens is 264 g/mol. The van der Waals surface area contributed by atoms with Gasteiger partial charge >= 0.3 is 5.97 Å². The Kier molecular flexibility index (Phi) is 5.10. The monoisotopic (exact) mass is 286 g/mol. The first-order chi connectivity index (χ1) is 9.09. The molecule has 2 aliphatic rings. The predicted molar refractivity (Wildman–Crippen MR) is 75.0 cm³/mol. The summed E-state index contributed by atoms with van der Waals surface area (Å²) in [6.07, 6.45) is 3.95.